The Morgan fingerprint density at radius 2 is 2.22 bits per heavy atom. The van der Waals surface area contributed by atoms with E-state index in [-0.39, 0.29) is 17.9 Å². The van der Waals surface area contributed by atoms with Gasteiger partial charge < -0.3 is 10.6 Å². The van der Waals surface area contributed by atoms with Crippen LogP contribution in [0.5, 0.6) is 0 Å². The Balaban J connectivity index is 1.72. The molecule has 2 aliphatic heterocycles. The van der Waals surface area contributed by atoms with Crippen molar-refractivity contribution < 1.29 is 4.79 Å². The molecule has 3 rings (SSSR count). The number of rotatable bonds is 2. The van der Waals surface area contributed by atoms with E-state index in [1.54, 1.807) is 0 Å². The van der Waals surface area contributed by atoms with Gasteiger partial charge in [0.15, 0.2) is 0 Å². The first-order valence-electron chi connectivity index (χ1n) is 6.57. The molecule has 2 N–H and O–H groups in total. The maximum Gasteiger partial charge on any atom is 0.224 e. The van der Waals surface area contributed by atoms with Crippen molar-refractivity contribution in [1.82, 2.24) is 10.6 Å². The molecule has 1 aromatic rings. The average molecular weight is 262 g/mol. The van der Waals surface area contributed by atoms with Gasteiger partial charge in [0.05, 0.1) is 12.0 Å². The standard InChI is InChI=1S/C14H18N2OS/c17-14(10-5-7-15-9-10)16-12-6-8-18-13-4-2-1-3-11(12)13/h1-4,10,12,15H,5-9H2,(H,16,17). The molecule has 4 heteroatoms. The summed E-state index contributed by atoms with van der Waals surface area (Å²) in [5, 5.41) is 6.47. The summed E-state index contributed by atoms with van der Waals surface area (Å²) in [7, 11) is 0. The molecule has 96 valence electrons. The van der Waals surface area contributed by atoms with E-state index >= 15 is 0 Å². The molecular formula is C14H18N2OS. The number of hydrogen-bond acceptors (Lipinski definition) is 3. The van der Waals surface area contributed by atoms with Crippen LogP contribution in [0, 0.1) is 5.92 Å². The third-order valence-corrected chi connectivity index (χ3v) is 4.83. The summed E-state index contributed by atoms with van der Waals surface area (Å²) >= 11 is 1.89. The summed E-state index contributed by atoms with van der Waals surface area (Å²) in [5.74, 6) is 1.46. The Morgan fingerprint density at radius 3 is 3.06 bits per heavy atom. The fourth-order valence-corrected chi connectivity index (χ4v) is 3.79. The Hall–Kier alpha value is -1.00. The van der Waals surface area contributed by atoms with Crippen LogP contribution in [0.15, 0.2) is 29.2 Å². The van der Waals surface area contributed by atoms with Crippen LogP contribution in [0.2, 0.25) is 0 Å². The normalized spacial score (nSPS) is 26.7. The summed E-state index contributed by atoms with van der Waals surface area (Å²) in [6, 6.07) is 8.61. The third-order valence-electron chi connectivity index (χ3n) is 3.71. The van der Waals surface area contributed by atoms with Crippen molar-refractivity contribution in [3.8, 4) is 0 Å². The fraction of sp³-hybridized carbons (Fsp3) is 0.500. The number of carbonyl (C=O) groups is 1. The molecule has 1 aromatic carbocycles. The number of thioether (sulfide) groups is 1. The minimum atomic E-state index is 0.159. The monoisotopic (exact) mass is 262 g/mol. The van der Waals surface area contributed by atoms with Crippen molar-refractivity contribution in [2.45, 2.75) is 23.8 Å². The highest BCUT2D eigenvalue weighted by Gasteiger charge is 2.27. The van der Waals surface area contributed by atoms with Crippen LogP contribution in [-0.2, 0) is 4.79 Å². The van der Waals surface area contributed by atoms with E-state index < -0.39 is 0 Å². The first-order valence-corrected chi connectivity index (χ1v) is 7.56. The van der Waals surface area contributed by atoms with Gasteiger partial charge in [-0.15, -0.1) is 11.8 Å². The summed E-state index contributed by atoms with van der Waals surface area (Å²) in [6.07, 6.45) is 2.00. The number of hydrogen-bond donors (Lipinski definition) is 2. The Bertz CT molecular complexity index is 443. The molecule has 2 atom stereocenters. The van der Waals surface area contributed by atoms with Crippen LogP contribution in [0.4, 0.5) is 0 Å². The Labute approximate surface area is 112 Å². The Kier molecular flexibility index (Phi) is 3.57. The molecule has 0 aliphatic carbocycles. The van der Waals surface area contributed by atoms with Crippen LogP contribution >= 0.6 is 11.8 Å². The molecular weight excluding hydrogens is 244 g/mol. The largest absolute Gasteiger partial charge is 0.349 e. The topological polar surface area (TPSA) is 41.1 Å². The van der Waals surface area contributed by atoms with Crippen LogP contribution in [0.1, 0.15) is 24.4 Å². The minimum absolute atomic E-state index is 0.159. The number of benzene rings is 1. The third kappa shape index (κ3) is 2.40. The highest BCUT2D eigenvalue weighted by atomic mass is 32.2. The van der Waals surface area contributed by atoms with Crippen molar-refractivity contribution in [1.29, 1.82) is 0 Å². The fourth-order valence-electron chi connectivity index (χ4n) is 2.66. The minimum Gasteiger partial charge on any atom is -0.349 e. The zero-order chi connectivity index (χ0) is 12.4. The average Bonchev–Trinajstić information content (AvgIpc) is 2.93. The molecule has 0 radical (unpaired) electrons. The zero-order valence-electron chi connectivity index (χ0n) is 10.3. The predicted molar refractivity (Wildman–Crippen MR) is 73.6 cm³/mol. The molecule has 0 bridgehead atoms. The van der Waals surface area contributed by atoms with Crippen molar-refractivity contribution >= 4 is 17.7 Å². The van der Waals surface area contributed by atoms with E-state index in [4.69, 9.17) is 0 Å². The first-order chi connectivity index (χ1) is 8.84. The summed E-state index contributed by atoms with van der Waals surface area (Å²) in [4.78, 5) is 13.5. The summed E-state index contributed by atoms with van der Waals surface area (Å²) < 4.78 is 0. The molecule has 2 heterocycles. The first kappa shape index (κ1) is 12.1. The van der Waals surface area contributed by atoms with E-state index in [0.717, 1.165) is 31.7 Å². The quantitative estimate of drug-likeness (QED) is 0.856. The van der Waals surface area contributed by atoms with Gasteiger partial charge in [0.25, 0.3) is 0 Å². The lowest BCUT2D eigenvalue weighted by Crippen LogP contribution is -2.36. The smallest absolute Gasteiger partial charge is 0.224 e. The van der Waals surface area contributed by atoms with Gasteiger partial charge in [-0.3, -0.25) is 4.79 Å². The van der Waals surface area contributed by atoms with E-state index in [2.05, 4.69) is 34.9 Å². The molecule has 2 aliphatic rings. The van der Waals surface area contributed by atoms with Crippen molar-refractivity contribution in [2.75, 3.05) is 18.8 Å². The number of amides is 1. The van der Waals surface area contributed by atoms with Crippen LogP contribution < -0.4 is 10.6 Å². The second-order valence-electron chi connectivity index (χ2n) is 4.93. The SMILES string of the molecule is O=C(NC1CCSc2ccccc21)C1CCNC1. The van der Waals surface area contributed by atoms with Gasteiger partial charge in [0.1, 0.15) is 0 Å². The number of carbonyl (C=O) groups excluding carboxylic acids is 1. The van der Waals surface area contributed by atoms with E-state index in [1.165, 1.54) is 10.5 Å². The molecule has 2 unspecified atom stereocenters. The predicted octanol–water partition coefficient (Wildman–Crippen LogP) is 1.95. The highest BCUT2D eigenvalue weighted by Crippen LogP contribution is 2.35. The van der Waals surface area contributed by atoms with Gasteiger partial charge in [-0.25, -0.2) is 0 Å². The van der Waals surface area contributed by atoms with Crippen molar-refractivity contribution in [3.05, 3.63) is 29.8 Å². The van der Waals surface area contributed by atoms with E-state index in [9.17, 15) is 4.79 Å². The summed E-state index contributed by atoms with van der Waals surface area (Å²) in [6.45, 7) is 1.80. The molecule has 1 fully saturated rings. The Morgan fingerprint density at radius 1 is 1.33 bits per heavy atom. The maximum atomic E-state index is 12.2. The molecule has 0 spiro atoms. The second-order valence-corrected chi connectivity index (χ2v) is 6.06. The van der Waals surface area contributed by atoms with Gasteiger partial charge in [-0.2, -0.15) is 0 Å². The van der Waals surface area contributed by atoms with E-state index in [1.807, 2.05) is 11.8 Å². The zero-order valence-corrected chi connectivity index (χ0v) is 11.1. The van der Waals surface area contributed by atoms with Crippen LogP contribution in [0.25, 0.3) is 0 Å². The van der Waals surface area contributed by atoms with Gasteiger partial charge in [0, 0.05) is 17.2 Å². The molecule has 0 aromatic heterocycles. The van der Waals surface area contributed by atoms with Crippen LogP contribution in [0.3, 0.4) is 0 Å². The molecule has 1 amide bonds. The lowest BCUT2D eigenvalue weighted by atomic mass is 10.0. The van der Waals surface area contributed by atoms with Crippen molar-refractivity contribution in [3.63, 3.8) is 0 Å². The second kappa shape index (κ2) is 5.33. The van der Waals surface area contributed by atoms with Gasteiger partial charge in [-0.1, -0.05) is 18.2 Å². The molecule has 18 heavy (non-hydrogen) atoms. The summed E-state index contributed by atoms with van der Waals surface area (Å²) in [5.41, 5.74) is 1.29. The van der Waals surface area contributed by atoms with Gasteiger partial charge in [0.2, 0.25) is 5.91 Å². The lowest BCUT2D eigenvalue weighted by molar-refractivity contribution is -0.125. The van der Waals surface area contributed by atoms with Crippen molar-refractivity contribution in [2.24, 2.45) is 5.92 Å². The molecule has 1 saturated heterocycles. The molecule has 3 nitrogen and oxygen atoms in total. The van der Waals surface area contributed by atoms with E-state index in [0.29, 0.717) is 0 Å². The number of fused-ring (bicyclic) bond motifs is 1. The van der Waals surface area contributed by atoms with Gasteiger partial charge in [-0.05, 0) is 31.0 Å². The lowest BCUT2D eigenvalue weighted by Gasteiger charge is -2.26. The number of nitrogens with one attached hydrogen (secondary N) is 2. The van der Waals surface area contributed by atoms with Gasteiger partial charge >= 0.3 is 0 Å². The highest BCUT2D eigenvalue weighted by molar-refractivity contribution is 7.99. The van der Waals surface area contributed by atoms with Crippen LogP contribution in [-0.4, -0.2) is 24.7 Å². The maximum absolute atomic E-state index is 12.2. The molecule has 0 saturated carbocycles.